The summed E-state index contributed by atoms with van der Waals surface area (Å²) in [5, 5.41) is 0. The largest absolute Gasteiger partial charge is 0.260 e. The number of rotatable bonds is 2. The standard InChI is InChI=1S/C13H17N/c1-9(2)11-3-4-12(14-8-11)13-5-10(6-13)7-13/h3-4,8-10H,5-7H2,1-2H3. The predicted molar refractivity (Wildman–Crippen MR) is 57.3 cm³/mol. The van der Waals surface area contributed by atoms with E-state index in [0.29, 0.717) is 11.3 Å². The van der Waals surface area contributed by atoms with Crippen molar-refractivity contribution in [3.63, 3.8) is 0 Å². The highest BCUT2D eigenvalue weighted by Crippen LogP contribution is 2.64. The van der Waals surface area contributed by atoms with Gasteiger partial charge >= 0.3 is 0 Å². The molecule has 74 valence electrons. The van der Waals surface area contributed by atoms with Gasteiger partial charge < -0.3 is 0 Å². The Morgan fingerprint density at radius 1 is 1.29 bits per heavy atom. The molecule has 0 N–H and O–H groups in total. The molecule has 1 nitrogen and oxygen atoms in total. The van der Waals surface area contributed by atoms with E-state index in [1.807, 2.05) is 0 Å². The first-order valence-electron chi connectivity index (χ1n) is 5.66. The van der Waals surface area contributed by atoms with E-state index in [4.69, 9.17) is 0 Å². The topological polar surface area (TPSA) is 12.9 Å². The van der Waals surface area contributed by atoms with E-state index in [9.17, 15) is 0 Å². The predicted octanol–water partition coefficient (Wildman–Crippen LogP) is 3.26. The first kappa shape index (κ1) is 8.46. The van der Waals surface area contributed by atoms with Gasteiger partial charge in [-0.1, -0.05) is 19.9 Å². The lowest BCUT2D eigenvalue weighted by Gasteiger charge is -2.61. The maximum Gasteiger partial charge on any atom is 0.0465 e. The Labute approximate surface area is 85.6 Å². The van der Waals surface area contributed by atoms with Crippen molar-refractivity contribution in [3.05, 3.63) is 29.6 Å². The number of nitrogens with zero attached hydrogens (tertiary/aromatic N) is 1. The Kier molecular flexibility index (Phi) is 1.56. The van der Waals surface area contributed by atoms with Gasteiger partial charge in [-0.2, -0.15) is 0 Å². The lowest BCUT2D eigenvalue weighted by atomic mass is 9.43. The van der Waals surface area contributed by atoms with Gasteiger partial charge in [0.2, 0.25) is 0 Å². The van der Waals surface area contributed by atoms with Gasteiger partial charge in [-0.25, -0.2) is 0 Å². The molecular weight excluding hydrogens is 170 g/mol. The van der Waals surface area contributed by atoms with Crippen LogP contribution in [0.15, 0.2) is 18.3 Å². The molecule has 1 heterocycles. The van der Waals surface area contributed by atoms with Crippen LogP contribution in [0.1, 0.15) is 50.3 Å². The first-order valence-corrected chi connectivity index (χ1v) is 5.66. The summed E-state index contributed by atoms with van der Waals surface area (Å²) in [5.41, 5.74) is 3.24. The smallest absolute Gasteiger partial charge is 0.0465 e. The summed E-state index contributed by atoms with van der Waals surface area (Å²) in [6, 6.07) is 4.51. The summed E-state index contributed by atoms with van der Waals surface area (Å²) in [5.74, 6) is 1.64. The van der Waals surface area contributed by atoms with Gasteiger partial charge in [0.15, 0.2) is 0 Å². The van der Waals surface area contributed by atoms with Gasteiger partial charge in [0.05, 0.1) is 0 Å². The maximum absolute atomic E-state index is 4.63. The molecule has 0 radical (unpaired) electrons. The molecule has 0 amide bonds. The quantitative estimate of drug-likeness (QED) is 0.692. The average molecular weight is 187 g/mol. The molecule has 4 rings (SSSR count). The van der Waals surface area contributed by atoms with Crippen molar-refractivity contribution in [1.82, 2.24) is 4.98 Å². The highest BCUT2D eigenvalue weighted by molar-refractivity contribution is 5.31. The van der Waals surface area contributed by atoms with E-state index in [1.165, 1.54) is 30.5 Å². The molecule has 0 unspecified atom stereocenters. The summed E-state index contributed by atoms with van der Waals surface area (Å²) in [4.78, 5) is 4.63. The van der Waals surface area contributed by atoms with Crippen molar-refractivity contribution in [2.75, 3.05) is 0 Å². The Hall–Kier alpha value is -0.850. The molecule has 1 heteroatoms. The van der Waals surface area contributed by atoms with Crippen LogP contribution in [-0.4, -0.2) is 4.98 Å². The molecule has 0 spiro atoms. The number of aromatic nitrogens is 1. The Bertz CT molecular complexity index is 333. The zero-order chi connectivity index (χ0) is 9.76. The van der Waals surface area contributed by atoms with Crippen molar-refractivity contribution < 1.29 is 0 Å². The van der Waals surface area contributed by atoms with Crippen LogP contribution >= 0.6 is 0 Å². The number of hydrogen-bond donors (Lipinski definition) is 0. The van der Waals surface area contributed by atoms with Crippen LogP contribution in [0.2, 0.25) is 0 Å². The van der Waals surface area contributed by atoms with Crippen LogP contribution in [0.3, 0.4) is 0 Å². The second-order valence-corrected chi connectivity index (χ2v) is 5.39. The van der Waals surface area contributed by atoms with E-state index in [2.05, 4.69) is 37.2 Å². The summed E-state index contributed by atoms with van der Waals surface area (Å²) in [7, 11) is 0. The van der Waals surface area contributed by atoms with Crippen molar-refractivity contribution in [2.24, 2.45) is 5.92 Å². The molecule has 3 fully saturated rings. The van der Waals surface area contributed by atoms with Crippen molar-refractivity contribution in [3.8, 4) is 0 Å². The molecule has 14 heavy (non-hydrogen) atoms. The second kappa shape index (κ2) is 2.59. The van der Waals surface area contributed by atoms with E-state index in [0.717, 1.165) is 5.92 Å². The minimum Gasteiger partial charge on any atom is -0.260 e. The highest BCUT2D eigenvalue weighted by Gasteiger charge is 2.58. The van der Waals surface area contributed by atoms with Crippen LogP contribution < -0.4 is 0 Å². The Morgan fingerprint density at radius 3 is 2.36 bits per heavy atom. The van der Waals surface area contributed by atoms with Crippen molar-refractivity contribution in [2.45, 2.75) is 44.4 Å². The molecule has 0 aromatic carbocycles. The lowest BCUT2D eigenvalue weighted by molar-refractivity contribution is -0.0308. The fourth-order valence-electron chi connectivity index (χ4n) is 2.85. The third-order valence-electron chi connectivity index (χ3n) is 4.03. The van der Waals surface area contributed by atoms with Gasteiger partial charge in [0, 0.05) is 17.3 Å². The van der Waals surface area contributed by atoms with E-state index >= 15 is 0 Å². The van der Waals surface area contributed by atoms with Crippen LogP contribution in [0.5, 0.6) is 0 Å². The van der Waals surface area contributed by atoms with Crippen molar-refractivity contribution >= 4 is 0 Å². The molecule has 0 aliphatic heterocycles. The van der Waals surface area contributed by atoms with Gasteiger partial charge in [-0.05, 0) is 42.7 Å². The summed E-state index contributed by atoms with van der Waals surface area (Å²) < 4.78 is 0. The van der Waals surface area contributed by atoms with Gasteiger partial charge in [0.25, 0.3) is 0 Å². The van der Waals surface area contributed by atoms with Gasteiger partial charge in [0.1, 0.15) is 0 Å². The van der Waals surface area contributed by atoms with Crippen LogP contribution in [-0.2, 0) is 5.41 Å². The molecule has 1 aromatic heterocycles. The highest BCUT2D eigenvalue weighted by atomic mass is 14.8. The molecule has 0 atom stereocenters. The molecule has 3 aliphatic carbocycles. The van der Waals surface area contributed by atoms with Gasteiger partial charge in [-0.15, -0.1) is 0 Å². The normalized spacial score (nSPS) is 33.8. The molecular formula is C13H17N. The van der Waals surface area contributed by atoms with Crippen LogP contribution in [0.25, 0.3) is 0 Å². The summed E-state index contributed by atoms with van der Waals surface area (Å²) in [6.45, 7) is 4.44. The first-order chi connectivity index (χ1) is 6.70. The third kappa shape index (κ3) is 0.985. The lowest BCUT2D eigenvalue weighted by Crippen LogP contribution is -2.55. The zero-order valence-corrected chi connectivity index (χ0v) is 8.96. The maximum atomic E-state index is 4.63. The molecule has 3 saturated carbocycles. The summed E-state index contributed by atoms with van der Waals surface area (Å²) >= 11 is 0. The second-order valence-electron chi connectivity index (χ2n) is 5.39. The molecule has 3 aliphatic rings. The average Bonchev–Trinajstić information content (AvgIpc) is 1.99. The minimum atomic E-state index is 0.528. The SMILES string of the molecule is CC(C)c1ccc(C23CC(C2)C3)nc1. The van der Waals surface area contributed by atoms with E-state index in [-0.39, 0.29) is 0 Å². The molecule has 2 bridgehead atoms. The van der Waals surface area contributed by atoms with Gasteiger partial charge in [-0.3, -0.25) is 4.98 Å². The van der Waals surface area contributed by atoms with Crippen molar-refractivity contribution in [1.29, 1.82) is 0 Å². The summed E-state index contributed by atoms with van der Waals surface area (Å²) in [6.07, 6.45) is 6.28. The number of hydrogen-bond acceptors (Lipinski definition) is 1. The number of pyridine rings is 1. The Morgan fingerprint density at radius 2 is 2.00 bits per heavy atom. The fourth-order valence-corrected chi connectivity index (χ4v) is 2.85. The van der Waals surface area contributed by atoms with E-state index < -0.39 is 0 Å². The minimum absolute atomic E-state index is 0.528. The monoisotopic (exact) mass is 187 g/mol. The van der Waals surface area contributed by atoms with E-state index in [1.54, 1.807) is 0 Å². The van der Waals surface area contributed by atoms with Crippen LogP contribution in [0, 0.1) is 5.92 Å². The molecule has 1 aromatic rings. The Balaban J connectivity index is 1.87. The third-order valence-corrected chi connectivity index (χ3v) is 4.03. The zero-order valence-electron chi connectivity index (χ0n) is 8.96. The van der Waals surface area contributed by atoms with Crippen LogP contribution in [0.4, 0.5) is 0 Å². The molecule has 0 saturated heterocycles. The fraction of sp³-hybridized carbons (Fsp3) is 0.615.